The van der Waals surface area contributed by atoms with Gasteiger partial charge in [-0.2, -0.15) is 0 Å². The third kappa shape index (κ3) is 3.97. The summed E-state index contributed by atoms with van der Waals surface area (Å²) in [5, 5.41) is 23.7. The molecule has 8 nitrogen and oxygen atoms in total. The van der Waals surface area contributed by atoms with Crippen LogP contribution < -0.4 is 10.6 Å². The SMILES string of the molecule is O=C(O)CCNc1cccc2nc3c(NCCC(=O)O)cccc3nc12. The molecule has 1 heterocycles. The number of nitrogens with one attached hydrogen (secondary N) is 2. The molecule has 0 saturated heterocycles. The van der Waals surface area contributed by atoms with Crippen LogP contribution in [-0.2, 0) is 9.59 Å². The number of aromatic nitrogens is 2. The Balaban J connectivity index is 1.94. The topological polar surface area (TPSA) is 124 Å². The van der Waals surface area contributed by atoms with Crippen molar-refractivity contribution in [1.29, 1.82) is 0 Å². The maximum absolute atomic E-state index is 10.7. The first kappa shape index (κ1) is 17.4. The van der Waals surface area contributed by atoms with Crippen LogP contribution in [0.15, 0.2) is 36.4 Å². The lowest BCUT2D eigenvalue weighted by Gasteiger charge is -2.11. The number of rotatable bonds is 8. The zero-order valence-corrected chi connectivity index (χ0v) is 13.9. The number of fused-ring (bicyclic) bond motifs is 2. The number of carboxylic acids is 2. The van der Waals surface area contributed by atoms with Crippen molar-refractivity contribution in [2.45, 2.75) is 12.8 Å². The molecule has 0 spiro atoms. The number of hydrogen-bond donors (Lipinski definition) is 4. The van der Waals surface area contributed by atoms with Crippen LogP contribution in [0.3, 0.4) is 0 Å². The Morgan fingerprint density at radius 3 is 1.58 bits per heavy atom. The molecule has 0 aliphatic heterocycles. The third-order valence-electron chi connectivity index (χ3n) is 3.80. The van der Waals surface area contributed by atoms with Gasteiger partial charge in [-0.05, 0) is 24.3 Å². The molecule has 134 valence electrons. The van der Waals surface area contributed by atoms with Crippen LogP contribution in [0.2, 0.25) is 0 Å². The van der Waals surface area contributed by atoms with E-state index in [9.17, 15) is 9.59 Å². The molecule has 0 aliphatic rings. The molecule has 8 heteroatoms. The molecule has 0 fully saturated rings. The zero-order valence-electron chi connectivity index (χ0n) is 13.9. The molecule has 0 bridgehead atoms. The van der Waals surface area contributed by atoms with E-state index in [-0.39, 0.29) is 12.8 Å². The first-order chi connectivity index (χ1) is 12.5. The molecular weight excluding hydrogens is 336 g/mol. The normalized spacial score (nSPS) is 10.8. The molecule has 0 atom stereocenters. The Kier molecular flexibility index (Phi) is 5.12. The van der Waals surface area contributed by atoms with E-state index >= 15 is 0 Å². The molecular formula is C18H18N4O4. The second-order valence-corrected chi connectivity index (χ2v) is 5.71. The van der Waals surface area contributed by atoms with Gasteiger partial charge in [-0.15, -0.1) is 0 Å². The van der Waals surface area contributed by atoms with E-state index < -0.39 is 11.9 Å². The van der Waals surface area contributed by atoms with Gasteiger partial charge in [0.2, 0.25) is 0 Å². The molecule has 4 N–H and O–H groups in total. The third-order valence-corrected chi connectivity index (χ3v) is 3.80. The molecule has 2 aromatic carbocycles. The lowest BCUT2D eigenvalue weighted by Crippen LogP contribution is -2.09. The summed E-state index contributed by atoms with van der Waals surface area (Å²) in [6, 6.07) is 11.0. The summed E-state index contributed by atoms with van der Waals surface area (Å²) in [6.45, 7) is 0.593. The first-order valence-electron chi connectivity index (χ1n) is 8.15. The first-order valence-corrected chi connectivity index (χ1v) is 8.15. The zero-order chi connectivity index (χ0) is 18.5. The fraction of sp³-hybridized carbons (Fsp3) is 0.222. The van der Waals surface area contributed by atoms with E-state index in [2.05, 4.69) is 20.6 Å². The minimum atomic E-state index is -0.869. The number of benzene rings is 2. The Bertz CT molecular complexity index is 894. The van der Waals surface area contributed by atoms with Crippen molar-refractivity contribution in [3.63, 3.8) is 0 Å². The molecule has 0 unspecified atom stereocenters. The number of aliphatic carboxylic acids is 2. The largest absolute Gasteiger partial charge is 0.481 e. The fourth-order valence-electron chi connectivity index (χ4n) is 2.61. The second-order valence-electron chi connectivity index (χ2n) is 5.71. The minimum Gasteiger partial charge on any atom is -0.481 e. The fourth-order valence-corrected chi connectivity index (χ4v) is 2.61. The van der Waals surface area contributed by atoms with Gasteiger partial charge in [0.15, 0.2) is 0 Å². The summed E-state index contributed by atoms with van der Waals surface area (Å²) in [4.78, 5) is 30.7. The van der Waals surface area contributed by atoms with Gasteiger partial charge in [0.1, 0.15) is 11.0 Å². The summed E-state index contributed by atoms with van der Waals surface area (Å²) in [7, 11) is 0. The lowest BCUT2D eigenvalue weighted by atomic mass is 10.2. The molecule has 0 amide bonds. The molecule has 0 radical (unpaired) electrons. The maximum Gasteiger partial charge on any atom is 0.305 e. The molecule has 0 saturated carbocycles. The van der Waals surface area contributed by atoms with Crippen molar-refractivity contribution in [3.8, 4) is 0 Å². The average Bonchev–Trinajstić information content (AvgIpc) is 2.60. The van der Waals surface area contributed by atoms with Crippen molar-refractivity contribution in [2.75, 3.05) is 23.7 Å². The quantitative estimate of drug-likeness (QED) is 0.455. The number of hydrogen-bond acceptors (Lipinski definition) is 6. The number of carboxylic acid groups (broad SMARTS) is 2. The molecule has 1 aromatic heterocycles. The Morgan fingerprint density at radius 2 is 1.19 bits per heavy atom. The summed E-state index contributed by atoms with van der Waals surface area (Å²) >= 11 is 0. The van der Waals surface area contributed by atoms with Crippen LogP contribution in [0, 0.1) is 0 Å². The lowest BCUT2D eigenvalue weighted by molar-refractivity contribution is -0.137. The Labute approximate surface area is 148 Å². The van der Waals surface area contributed by atoms with Gasteiger partial charge in [-0.1, -0.05) is 12.1 Å². The summed E-state index contributed by atoms with van der Waals surface area (Å²) in [5.74, 6) is -1.74. The summed E-state index contributed by atoms with van der Waals surface area (Å²) in [5.41, 5.74) is 4.11. The van der Waals surface area contributed by atoms with Crippen LogP contribution in [-0.4, -0.2) is 45.2 Å². The number of para-hydroxylation sites is 2. The standard InChI is InChI=1S/C18H18N4O4/c23-15(24)7-9-19-11-3-1-5-13-17(11)22-14-6-2-4-12(18(14)21-13)20-10-8-16(25)26/h1-6,19-20H,7-10H2,(H,23,24)(H,25,26). The van der Waals surface area contributed by atoms with Crippen LogP contribution in [0.1, 0.15) is 12.8 Å². The van der Waals surface area contributed by atoms with E-state index in [1.165, 1.54) is 0 Å². The maximum atomic E-state index is 10.7. The average molecular weight is 354 g/mol. The van der Waals surface area contributed by atoms with E-state index in [0.29, 0.717) is 35.2 Å². The van der Waals surface area contributed by atoms with Crippen LogP contribution in [0.4, 0.5) is 11.4 Å². The second kappa shape index (κ2) is 7.64. The molecule has 0 aliphatic carbocycles. The van der Waals surface area contributed by atoms with Crippen molar-refractivity contribution in [2.24, 2.45) is 0 Å². The van der Waals surface area contributed by atoms with Gasteiger partial charge in [0, 0.05) is 13.1 Å². The van der Waals surface area contributed by atoms with Crippen molar-refractivity contribution >= 4 is 45.4 Å². The van der Waals surface area contributed by atoms with Gasteiger partial charge in [0.05, 0.1) is 35.2 Å². The highest BCUT2D eigenvalue weighted by atomic mass is 16.4. The van der Waals surface area contributed by atoms with E-state index in [0.717, 1.165) is 11.4 Å². The van der Waals surface area contributed by atoms with Gasteiger partial charge in [-0.25, -0.2) is 9.97 Å². The highest BCUT2D eigenvalue weighted by Gasteiger charge is 2.09. The van der Waals surface area contributed by atoms with Gasteiger partial charge in [0.25, 0.3) is 0 Å². The molecule has 26 heavy (non-hydrogen) atoms. The van der Waals surface area contributed by atoms with Crippen molar-refractivity contribution in [1.82, 2.24) is 9.97 Å². The van der Waals surface area contributed by atoms with Gasteiger partial charge >= 0.3 is 11.9 Å². The number of anilines is 2. The number of carbonyl (C=O) groups is 2. The van der Waals surface area contributed by atoms with Crippen molar-refractivity contribution < 1.29 is 19.8 Å². The van der Waals surface area contributed by atoms with Crippen LogP contribution >= 0.6 is 0 Å². The molecule has 3 rings (SSSR count). The highest BCUT2D eigenvalue weighted by Crippen LogP contribution is 2.26. The van der Waals surface area contributed by atoms with Gasteiger partial charge in [-0.3, -0.25) is 9.59 Å². The highest BCUT2D eigenvalue weighted by molar-refractivity contribution is 5.97. The van der Waals surface area contributed by atoms with Crippen LogP contribution in [0.25, 0.3) is 22.1 Å². The smallest absolute Gasteiger partial charge is 0.305 e. The summed E-state index contributed by atoms with van der Waals surface area (Å²) < 4.78 is 0. The Hall–Kier alpha value is -3.42. The predicted molar refractivity (Wildman–Crippen MR) is 98.5 cm³/mol. The molecule has 3 aromatic rings. The van der Waals surface area contributed by atoms with E-state index in [1.807, 2.05) is 36.4 Å². The van der Waals surface area contributed by atoms with Crippen molar-refractivity contribution in [3.05, 3.63) is 36.4 Å². The van der Waals surface area contributed by atoms with E-state index in [4.69, 9.17) is 10.2 Å². The van der Waals surface area contributed by atoms with E-state index in [1.54, 1.807) is 0 Å². The summed E-state index contributed by atoms with van der Waals surface area (Å²) in [6.07, 6.45) is 0.0179. The minimum absolute atomic E-state index is 0.00897. The van der Waals surface area contributed by atoms with Gasteiger partial charge < -0.3 is 20.8 Å². The number of nitrogens with zero attached hydrogens (tertiary/aromatic N) is 2. The Morgan fingerprint density at radius 1 is 0.769 bits per heavy atom. The van der Waals surface area contributed by atoms with Crippen LogP contribution in [0.5, 0.6) is 0 Å². The monoisotopic (exact) mass is 354 g/mol. The predicted octanol–water partition coefficient (Wildman–Crippen LogP) is 2.56.